The molecule has 0 spiro atoms. The van der Waals surface area contributed by atoms with E-state index in [-0.39, 0.29) is 22.8 Å². The van der Waals surface area contributed by atoms with Crippen LogP contribution in [0.5, 0.6) is 0 Å². The van der Waals surface area contributed by atoms with Crippen molar-refractivity contribution in [1.82, 2.24) is 0 Å². The topological polar surface area (TPSA) is 60.4 Å². The average molecular weight is 332 g/mol. The molecule has 0 amide bonds. The predicted octanol–water partition coefficient (Wildman–Crippen LogP) is 2.74. The lowest BCUT2D eigenvalue weighted by Crippen LogP contribution is -2.36. The quantitative estimate of drug-likeness (QED) is 0.484. The second kappa shape index (κ2) is 6.12. The Balaban J connectivity index is 2.36. The number of carbonyl (C=O) groups is 3. The molecule has 1 heterocycles. The number of benzene rings is 1. The van der Waals surface area contributed by atoms with Crippen molar-refractivity contribution >= 4 is 29.3 Å². The summed E-state index contributed by atoms with van der Waals surface area (Å²) in [6.45, 7) is 1.49. The van der Waals surface area contributed by atoms with E-state index >= 15 is 0 Å². The molecule has 0 aromatic heterocycles. The van der Waals surface area contributed by atoms with E-state index in [9.17, 15) is 27.6 Å². The van der Waals surface area contributed by atoms with Gasteiger partial charge >= 0.3 is 12.1 Å². The van der Waals surface area contributed by atoms with Gasteiger partial charge in [0.25, 0.3) is 5.78 Å². The number of alkyl halides is 3. The van der Waals surface area contributed by atoms with Crippen LogP contribution in [0.1, 0.15) is 22.8 Å². The highest BCUT2D eigenvalue weighted by molar-refractivity contribution is 7.99. The van der Waals surface area contributed by atoms with Crippen LogP contribution in [0.3, 0.4) is 0 Å². The lowest BCUT2D eigenvalue weighted by Gasteiger charge is -2.24. The maximum atomic E-state index is 12.9. The van der Waals surface area contributed by atoms with Crippen molar-refractivity contribution in [1.29, 1.82) is 0 Å². The fraction of sp³-hybridized carbons (Fsp3) is 0.357. The third-order valence-electron chi connectivity index (χ3n) is 3.09. The summed E-state index contributed by atoms with van der Waals surface area (Å²) in [4.78, 5) is 35.3. The standard InChI is InChI=1S/C14H11F3O4S/c1-2-21-13(20)11(19)8-6-22-12-7(10(8)18)4-3-5-9(12)14(15,16)17/h3-5,8H,2,6H2,1H3. The first-order valence-electron chi connectivity index (χ1n) is 6.35. The fourth-order valence-electron chi connectivity index (χ4n) is 2.08. The van der Waals surface area contributed by atoms with Gasteiger partial charge in [-0.2, -0.15) is 13.2 Å². The monoisotopic (exact) mass is 332 g/mol. The van der Waals surface area contributed by atoms with Gasteiger partial charge in [0.15, 0.2) is 5.78 Å². The van der Waals surface area contributed by atoms with Gasteiger partial charge in [0, 0.05) is 16.2 Å². The summed E-state index contributed by atoms with van der Waals surface area (Å²) in [6.07, 6.45) is -4.59. The Hall–Kier alpha value is -1.83. The van der Waals surface area contributed by atoms with Gasteiger partial charge in [0.05, 0.1) is 12.2 Å². The Morgan fingerprint density at radius 1 is 1.36 bits per heavy atom. The summed E-state index contributed by atoms with van der Waals surface area (Å²) in [5.41, 5.74) is -1.10. The third kappa shape index (κ3) is 3.01. The minimum atomic E-state index is -4.59. The molecule has 4 nitrogen and oxygen atoms in total. The zero-order valence-electron chi connectivity index (χ0n) is 11.4. The molecule has 0 saturated carbocycles. The number of hydrogen-bond donors (Lipinski definition) is 0. The lowest BCUT2D eigenvalue weighted by molar-refractivity contribution is -0.154. The summed E-state index contributed by atoms with van der Waals surface area (Å²) < 4.78 is 43.3. The Kier molecular flexibility index (Phi) is 4.60. The van der Waals surface area contributed by atoms with Gasteiger partial charge < -0.3 is 4.74 Å². The van der Waals surface area contributed by atoms with Gasteiger partial charge in [-0.15, -0.1) is 11.8 Å². The average Bonchev–Trinajstić information content (AvgIpc) is 2.46. The number of fused-ring (bicyclic) bond motifs is 1. The van der Waals surface area contributed by atoms with Crippen LogP contribution in [0.2, 0.25) is 0 Å². The van der Waals surface area contributed by atoms with Crippen molar-refractivity contribution in [3.8, 4) is 0 Å². The van der Waals surface area contributed by atoms with Crippen molar-refractivity contribution in [2.45, 2.75) is 18.0 Å². The van der Waals surface area contributed by atoms with Gasteiger partial charge in [-0.3, -0.25) is 9.59 Å². The summed E-state index contributed by atoms with van der Waals surface area (Å²) in [7, 11) is 0. The maximum Gasteiger partial charge on any atom is 0.417 e. The molecule has 0 radical (unpaired) electrons. The Bertz CT molecular complexity index is 639. The van der Waals surface area contributed by atoms with Gasteiger partial charge in [-0.1, -0.05) is 12.1 Å². The molecule has 118 valence electrons. The van der Waals surface area contributed by atoms with Crippen LogP contribution in [0.15, 0.2) is 23.1 Å². The van der Waals surface area contributed by atoms with Crippen LogP contribution in [0.25, 0.3) is 0 Å². The molecule has 1 aliphatic heterocycles. The number of halogens is 3. The number of Topliss-reactive ketones (excluding diaryl/α,β-unsaturated/α-hetero) is 2. The number of rotatable bonds is 3. The highest BCUT2D eigenvalue weighted by atomic mass is 32.2. The molecule has 8 heteroatoms. The summed E-state index contributed by atoms with van der Waals surface area (Å²) >= 11 is 0.748. The Morgan fingerprint density at radius 3 is 2.64 bits per heavy atom. The molecule has 0 fully saturated rings. The summed E-state index contributed by atoms with van der Waals surface area (Å²) in [5.74, 6) is -4.46. The molecule has 22 heavy (non-hydrogen) atoms. The number of thioether (sulfide) groups is 1. The van der Waals surface area contributed by atoms with Crippen molar-refractivity contribution in [2.24, 2.45) is 5.92 Å². The van der Waals surface area contributed by atoms with E-state index in [4.69, 9.17) is 0 Å². The number of ether oxygens (including phenoxy) is 1. The molecule has 1 aromatic rings. The van der Waals surface area contributed by atoms with Crippen LogP contribution in [-0.2, 0) is 20.5 Å². The maximum absolute atomic E-state index is 12.9. The summed E-state index contributed by atoms with van der Waals surface area (Å²) in [6, 6.07) is 3.22. The molecule has 0 N–H and O–H groups in total. The summed E-state index contributed by atoms with van der Waals surface area (Å²) in [5, 5.41) is 0. The third-order valence-corrected chi connectivity index (χ3v) is 4.32. The number of esters is 1. The molecule has 0 bridgehead atoms. The first-order valence-corrected chi connectivity index (χ1v) is 7.34. The van der Waals surface area contributed by atoms with Crippen molar-refractivity contribution in [3.05, 3.63) is 29.3 Å². The molecule has 0 aliphatic carbocycles. The minimum absolute atomic E-state index is 0.0204. The van der Waals surface area contributed by atoms with Crippen LogP contribution < -0.4 is 0 Å². The zero-order valence-corrected chi connectivity index (χ0v) is 12.2. The molecular formula is C14H11F3O4S. The van der Waals surface area contributed by atoms with Crippen molar-refractivity contribution in [2.75, 3.05) is 12.4 Å². The van der Waals surface area contributed by atoms with Crippen LogP contribution in [-0.4, -0.2) is 29.9 Å². The fourth-order valence-corrected chi connectivity index (χ4v) is 3.38. The van der Waals surface area contributed by atoms with E-state index in [0.29, 0.717) is 0 Å². The SMILES string of the molecule is CCOC(=O)C(=O)C1CSc2c(cccc2C(F)(F)F)C1=O. The molecule has 0 saturated heterocycles. The molecule has 1 atom stereocenters. The van der Waals surface area contributed by atoms with E-state index in [1.165, 1.54) is 13.0 Å². The van der Waals surface area contributed by atoms with E-state index < -0.39 is 35.2 Å². The molecule has 1 aromatic carbocycles. The Morgan fingerprint density at radius 2 is 2.05 bits per heavy atom. The lowest BCUT2D eigenvalue weighted by atomic mass is 9.93. The van der Waals surface area contributed by atoms with Crippen LogP contribution >= 0.6 is 11.8 Å². The van der Waals surface area contributed by atoms with Crippen molar-refractivity contribution < 1.29 is 32.3 Å². The van der Waals surface area contributed by atoms with Gasteiger partial charge in [-0.25, -0.2) is 4.79 Å². The van der Waals surface area contributed by atoms with Gasteiger partial charge in [0.2, 0.25) is 0 Å². The second-order valence-corrected chi connectivity index (χ2v) is 5.52. The first-order chi connectivity index (χ1) is 10.3. The van der Waals surface area contributed by atoms with E-state index in [0.717, 1.165) is 23.9 Å². The molecule has 2 rings (SSSR count). The highest BCUT2D eigenvalue weighted by Crippen LogP contribution is 2.42. The smallest absolute Gasteiger partial charge is 0.417 e. The van der Waals surface area contributed by atoms with E-state index in [1.54, 1.807) is 0 Å². The van der Waals surface area contributed by atoms with Gasteiger partial charge in [-0.05, 0) is 13.0 Å². The molecular weight excluding hydrogens is 321 g/mol. The normalized spacial score (nSPS) is 17.8. The van der Waals surface area contributed by atoms with Gasteiger partial charge in [0.1, 0.15) is 5.92 Å². The number of carbonyl (C=O) groups excluding carboxylic acids is 3. The zero-order chi connectivity index (χ0) is 16.5. The second-order valence-electron chi connectivity index (χ2n) is 4.49. The molecule has 1 unspecified atom stereocenters. The number of hydrogen-bond acceptors (Lipinski definition) is 5. The largest absolute Gasteiger partial charge is 0.460 e. The van der Waals surface area contributed by atoms with Crippen LogP contribution in [0.4, 0.5) is 13.2 Å². The highest BCUT2D eigenvalue weighted by Gasteiger charge is 2.42. The van der Waals surface area contributed by atoms with E-state index in [2.05, 4.69) is 4.74 Å². The molecule has 1 aliphatic rings. The number of ketones is 2. The van der Waals surface area contributed by atoms with Crippen molar-refractivity contribution in [3.63, 3.8) is 0 Å². The van der Waals surface area contributed by atoms with Crippen LogP contribution in [0, 0.1) is 5.92 Å². The Labute approximate surface area is 128 Å². The first kappa shape index (κ1) is 16.5. The van der Waals surface area contributed by atoms with E-state index in [1.807, 2.05) is 0 Å². The predicted molar refractivity (Wildman–Crippen MR) is 71.6 cm³/mol. The minimum Gasteiger partial charge on any atom is -0.460 e.